The second-order valence-corrected chi connectivity index (χ2v) is 11.0. The smallest absolute Gasteiger partial charge is 0.215 e. The number of hydrogen-bond donors (Lipinski definition) is 3. The molecular weight excluding hydrogens is 492 g/mol. The first-order valence-corrected chi connectivity index (χ1v) is 14.2. The minimum atomic E-state index is -1.17. The molecule has 212 valence electrons. The van der Waals surface area contributed by atoms with Crippen LogP contribution in [0.3, 0.4) is 0 Å². The number of aliphatic hydroxyl groups is 1. The molecular formula is C29H43F2N3O4. The number of methoxy groups -OCH3 is 1. The van der Waals surface area contributed by atoms with Crippen LogP contribution < -0.4 is 11.1 Å². The number of nitrogens with zero attached hydrogens (tertiary/aromatic N) is 1. The van der Waals surface area contributed by atoms with Crippen molar-refractivity contribution in [3.05, 3.63) is 46.8 Å². The fraction of sp³-hybridized carbons (Fsp3) is 0.690. The average molecular weight is 536 g/mol. The average Bonchev–Trinajstić information content (AvgIpc) is 2.93. The Balaban J connectivity index is 1.50. The lowest BCUT2D eigenvalue weighted by molar-refractivity contribution is -0.128. The predicted molar refractivity (Wildman–Crippen MR) is 141 cm³/mol. The van der Waals surface area contributed by atoms with Gasteiger partial charge in [0.2, 0.25) is 5.78 Å². The summed E-state index contributed by atoms with van der Waals surface area (Å²) in [5.41, 5.74) is 7.46. The summed E-state index contributed by atoms with van der Waals surface area (Å²) in [5.74, 6) is -1.07. The van der Waals surface area contributed by atoms with Gasteiger partial charge in [-0.25, -0.2) is 8.78 Å². The summed E-state index contributed by atoms with van der Waals surface area (Å²) in [4.78, 5) is 14.8. The molecule has 1 aromatic rings. The molecule has 4 atom stereocenters. The van der Waals surface area contributed by atoms with E-state index in [1.54, 1.807) is 7.11 Å². The van der Waals surface area contributed by atoms with Crippen LogP contribution in [0.25, 0.3) is 0 Å². The van der Waals surface area contributed by atoms with Gasteiger partial charge < -0.3 is 30.5 Å². The Morgan fingerprint density at radius 2 is 1.95 bits per heavy atom. The van der Waals surface area contributed by atoms with E-state index in [9.17, 15) is 18.7 Å². The number of nitrogens with two attached hydrogens (primary N) is 1. The van der Waals surface area contributed by atoms with Gasteiger partial charge in [0.05, 0.1) is 11.8 Å². The number of nitrogens with one attached hydrogen (secondary N) is 1. The van der Waals surface area contributed by atoms with Crippen LogP contribution in [0.5, 0.6) is 0 Å². The van der Waals surface area contributed by atoms with Crippen LogP contribution in [-0.2, 0) is 14.3 Å². The van der Waals surface area contributed by atoms with E-state index in [0.717, 1.165) is 25.3 Å². The number of benzene rings is 1. The van der Waals surface area contributed by atoms with Crippen molar-refractivity contribution in [2.24, 2.45) is 17.6 Å². The number of rotatable bonds is 13. The predicted octanol–water partition coefficient (Wildman–Crippen LogP) is 3.81. The van der Waals surface area contributed by atoms with E-state index in [1.807, 2.05) is 4.90 Å². The fourth-order valence-electron chi connectivity index (χ4n) is 6.26. The molecule has 0 radical (unpaired) electrons. The van der Waals surface area contributed by atoms with E-state index in [4.69, 9.17) is 15.2 Å². The number of likely N-dealkylation sites (tertiary alicyclic amines) is 1. The number of carbonyl (C=O) groups is 1. The highest BCUT2D eigenvalue weighted by Gasteiger charge is 2.44. The molecule has 7 nitrogen and oxygen atoms in total. The number of Topliss-reactive ketones (excluding diaryl/α,β-unsaturated/α-hetero) is 1. The van der Waals surface area contributed by atoms with Crippen molar-refractivity contribution >= 4 is 5.78 Å². The molecule has 0 bridgehead atoms. The lowest BCUT2D eigenvalue weighted by Gasteiger charge is -2.44. The Morgan fingerprint density at radius 3 is 2.66 bits per heavy atom. The molecule has 4 rings (SSSR count). The second-order valence-electron chi connectivity index (χ2n) is 11.0. The number of ether oxygens (including phenoxy) is 2. The first-order valence-electron chi connectivity index (χ1n) is 14.2. The highest BCUT2D eigenvalue weighted by atomic mass is 19.1. The molecule has 0 aromatic heterocycles. The SMILES string of the molecule is COCCCO[C@@H](c1ccc(F)cc1F)[C@@H]1CCCN(C2=C(N[C@H](CN)CC3CCCCC3)C(O)C2=O)C1. The van der Waals surface area contributed by atoms with Gasteiger partial charge in [0, 0.05) is 63.5 Å². The Labute approximate surface area is 224 Å². The summed E-state index contributed by atoms with van der Waals surface area (Å²) in [6.45, 7) is 2.46. The normalized spacial score (nSPS) is 24.3. The number of carbonyl (C=O) groups excluding carboxylic acids is 1. The van der Waals surface area contributed by atoms with Crippen molar-refractivity contribution in [3.8, 4) is 0 Å². The van der Waals surface area contributed by atoms with Crippen LogP contribution in [0.2, 0.25) is 0 Å². The maximum Gasteiger partial charge on any atom is 0.215 e. The first-order chi connectivity index (χ1) is 18.4. The van der Waals surface area contributed by atoms with E-state index in [0.29, 0.717) is 62.1 Å². The van der Waals surface area contributed by atoms with E-state index in [1.165, 1.54) is 44.2 Å². The molecule has 0 amide bonds. The second kappa shape index (κ2) is 13.8. The molecule has 1 heterocycles. The number of piperidine rings is 1. The molecule has 1 unspecified atom stereocenters. The molecule has 1 aliphatic heterocycles. The summed E-state index contributed by atoms with van der Waals surface area (Å²) in [6, 6.07) is 3.58. The minimum Gasteiger partial charge on any atom is -0.385 e. The van der Waals surface area contributed by atoms with Gasteiger partial charge in [0.1, 0.15) is 17.3 Å². The van der Waals surface area contributed by atoms with Gasteiger partial charge in [0.15, 0.2) is 6.10 Å². The van der Waals surface area contributed by atoms with Crippen molar-refractivity contribution in [1.29, 1.82) is 0 Å². The van der Waals surface area contributed by atoms with Gasteiger partial charge in [-0.3, -0.25) is 4.79 Å². The third-order valence-electron chi connectivity index (χ3n) is 8.26. The highest BCUT2D eigenvalue weighted by molar-refractivity contribution is 6.07. The molecule has 2 fully saturated rings. The molecule has 9 heteroatoms. The Morgan fingerprint density at radius 1 is 1.16 bits per heavy atom. The largest absolute Gasteiger partial charge is 0.385 e. The molecule has 2 aliphatic carbocycles. The van der Waals surface area contributed by atoms with Crippen LogP contribution >= 0.6 is 0 Å². The Kier molecular flexibility index (Phi) is 10.5. The van der Waals surface area contributed by atoms with Crippen LogP contribution in [0.15, 0.2) is 29.6 Å². The topological polar surface area (TPSA) is 97.1 Å². The zero-order chi connectivity index (χ0) is 27.1. The summed E-state index contributed by atoms with van der Waals surface area (Å²) >= 11 is 0. The third kappa shape index (κ3) is 6.92. The summed E-state index contributed by atoms with van der Waals surface area (Å²) in [6.07, 6.45) is 7.57. The third-order valence-corrected chi connectivity index (χ3v) is 8.26. The van der Waals surface area contributed by atoms with Crippen LogP contribution in [-0.4, -0.2) is 67.9 Å². The zero-order valence-corrected chi connectivity index (χ0v) is 22.5. The molecule has 1 aromatic carbocycles. The number of halogens is 2. The van der Waals surface area contributed by atoms with Crippen molar-refractivity contribution in [1.82, 2.24) is 10.2 Å². The maximum atomic E-state index is 14.8. The maximum absolute atomic E-state index is 14.8. The summed E-state index contributed by atoms with van der Waals surface area (Å²) < 4.78 is 39.8. The van der Waals surface area contributed by atoms with Gasteiger partial charge >= 0.3 is 0 Å². The summed E-state index contributed by atoms with van der Waals surface area (Å²) in [7, 11) is 1.61. The molecule has 4 N–H and O–H groups in total. The van der Waals surface area contributed by atoms with Gasteiger partial charge in [0.25, 0.3) is 0 Å². The molecule has 0 spiro atoms. The van der Waals surface area contributed by atoms with Gasteiger partial charge in [-0.1, -0.05) is 38.2 Å². The van der Waals surface area contributed by atoms with Gasteiger partial charge in [-0.15, -0.1) is 0 Å². The van der Waals surface area contributed by atoms with Gasteiger partial charge in [-0.2, -0.15) is 0 Å². The Bertz CT molecular complexity index is 969. The van der Waals surface area contributed by atoms with Crippen LogP contribution in [0.4, 0.5) is 8.78 Å². The van der Waals surface area contributed by atoms with E-state index in [2.05, 4.69) is 5.32 Å². The van der Waals surface area contributed by atoms with Crippen molar-refractivity contribution in [3.63, 3.8) is 0 Å². The quantitative estimate of drug-likeness (QED) is 0.331. The standard InChI is InChI=1S/C29H43F2N3O4/c1-37-13-6-14-38-29(23-11-10-21(30)16-24(23)31)20-9-5-12-34(18-20)26-25(27(35)28(26)36)33-22(17-32)15-19-7-3-2-4-8-19/h10-11,16,19-20,22,27,29,33,35H,2-9,12-15,17-18,32H2,1H3/t20-,22+,27?,29-/m1/s1. The van der Waals surface area contributed by atoms with Crippen LogP contribution in [0, 0.1) is 23.5 Å². The number of aliphatic hydroxyl groups excluding tert-OH is 1. The highest BCUT2D eigenvalue weighted by Crippen LogP contribution is 2.38. The molecule has 1 saturated heterocycles. The molecule has 1 saturated carbocycles. The lowest BCUT2D eigenvalue weighted by atomic mass is 9.83. The fourth-order valence-corrected chi connectivity index (χ4v) is 6.26. The minimum absolute atomic E-state index is 0.00313. The Hall–Kier alpha value is -2.07. The van der Waals surface area contributed by atoms with Crippen molar-refractivity contribution in [2.45, 2.75) is 76.0 Å². The monoisotopic (exact) mass is 535 g/mol. The van der Waals surface area contributed by atoms with E-state index in [-0.39, 0.29) is 17.7 Å². The van der Waals surface area contributed by atoms with Crippen LogP contribution in [0.1, 0.15) is 69.5 Å². The van der Waals surface area contributed by atoms with E-state index < -0.39 is 23.8 Å². The molecule has 38 heavy (non-hydrogen) atoms. The van der Waals surface area contributed by atoms with Gasteiger partial charge in [-0.05, 0) is 37.7 Å². The van der Waals surface area contributed by atoms with E-state index >= 15 is 0 Å². The number of hydrogen-bond acceptors (Lipinski definition) is 7. The van der Waals surface area contributed by atoms with Crippen molar-refractivity contribution in [2.75, 3.05) is 40.0 Å². The molecule has 3 aliphatic rings. The summed E-state index contributed by atoms with van der Waals surface area (Å²) in [5, 5.41) is 14.0. The van der Waals surface area contributed by atoms with Crippen molar-refractivity contribution < 1.29 is 28.2 Å². The first kappa shape index (κ1) is 28.9. The lowest BCUT2D eigenvalue weighted by Crippen LogP contribution is -2.54. The zero-order valence-electron chi connectivity index (χ0n) is 22.5. The number of ketones is 1.